The molecule has 1 saturated heterocycles. The first-order valence-electron chi connectivity index (χ1n) is 2.15. The van der Waals surface area contributed by atoms with Crippen LogP contribution in [0.15, 0.2) is 0 Å². The van der Waals surface area contributed by atoms with E-state index in [1.165, 1.54) is 9.89 Å². The topological polar surface area (TPSA) is 9.23 Å². The maximum atomic E-state index is 5.36. The summed E-state index contributed by atoms with van der Waals surface area (Å²) in [5, 5.41) is 0. The van der Waals surface area contributed by atoms with Gasteiger partial charge in [0.2, 0.25) is 0 Å². The van der Waals surface area contributed by atoms with Gasteiger partial charge in [0.05, 0.1) is 0 Å². The minimum absolute atomic E-state index is 0.0980. The zero-order chi connectivity index (χ0) is 4.24. The third kappa shape index (κ3) is 1.57. The second-order valence-corrected chi connectivity index (χ2v) is 10.5. The molecule has 4 heteroatoms. The van der Waals surface area contributed by atoms with Gasteiger partial charge in [-0.2, -0.15) is 0 Å². The molecule has 1 nitrogen and oxygen atoms in total. The Morgan fingerprint density at radius 1 is 1.33 bits per heavy atom. The Balaban J connectivity index is 2.00. The molecule has 0 aromatic carbocycles. The van der Waals surface area contributed by atoms with Crippen LogP contribution in [0.5, 0.6) is 0 Å². The Hall–Kier alpha value is 0.913. The molecule has 0 N–H and O–H groups in total. The van der Waals surface area contributed by atoms with E-state index < -0.39 is 0 Å². The standard InChI is InChI=1S/C2H8OSeSi2/c1-4-2-6-3-5-1/h1-2,5-6H2. The number of hydrogen-bond acceptors (Lipinski definition) is 1. The van der Waals surface area contributed by atoms with Gasteiger partial charge in [-0.3, -0.25) is 0 Å². The second kappa shape index (κ2) is 2.99. The van der Waals surface area contributed by atoms with Crippen LogP contribution in [0.25, 0.3) is 0 Å². The molecule has 0 aromatic heterocycles. The van der Waals surface area contributed by atoms with Gasteiger partial charge in [-0.15, -0.1) is 0 Å². The Kier molecular flexibility index (Phi) is 2.52. The van der Waals surface area contributed by atoms with Crippen molar-refractivity contribution in [1.82, 2.24) is 0 Å². The summed E-state index contributed by atoms with van der Waals surface area (Å²) in [6.45, 7) is 0. The van der Waals surface area contributed by atoms with Gasteiger partial charge in [0.15, 0.2) is 0 Å². The molecule has 0 unspecified atom stereocenters. The van der Waals surface area contributed by atoms with Crippen LogP contribution < -0.4 is 0 Å². The molecule has 0 spiro atoms. The van der Waals surface area contributed by atoms with Crippen molar-refractivity contribution < 1.29 is 4.12 Å². The fraction of sp³-hybridized carbons (Fsp3) is 1.00. The predicted molar refractivity (Wildman–Crippen MR) is 33.5 cm³/mol. The fourth-order valence-electron chi connectivity index (χ4n) is 0.440. The molecule has 0 amide bonds. The van der Waals surface area contributed by atoms with Gasteiger partial charge >= 0.3 is 48.5 Å². The van der Waals surface area contributed by atoms with Crippen LogP contribution >= 0.6 is 0 Å². The van der Waals surface area contributed by atoms with Gasteiger partial charge in [0, 0.05) is 0 Å². The van der Waals surface area contributed by atoms with Crippen LogP contribution in [-0.2, 0) is 4.12 Å². The summed E-state index contributed by atoms with van der Waals surface area (Å²) in [4.78, 5) is 3.03. The SMILES string of the molecule is C1[SiH2]O[SiH2]C[Se]1. The first-order chi connectivity index (χ1) is 3.00. The Labute approximate surface area is 48.9 Å². The average Bonchev–Trinajstić information content (AvgIpc) is 1.72. The van der Waals surface area contributed by atoms with Crippen molar-refractivity contribution in [2.24, 2.45) is 0 Å². The zero-order valence-electron chi connectivity index (χ0n) is 3.64. The van der Waals surface area contributed by atoms with Gasteiger partial charge in [0.25, 0.3) is 0 Å². The van der Waals surface area contributed by atoms with E-state index >= 15 is 0 Å². The van der Waals surface area contributed by atoms with Crippen molar-refractivity contribution in [3.05, 3.63) is 0 Å². The molecular formula is C2H8OSeSi2. The van der Waals surface area contributed by atoms with Gasteiger partial charge in [-0.25, -0.2) is 0 Å². The van der Waals surface area contributed by atoms with Crippen molar-refractivity contribution in [1.29, 1.82) is 0 Å². The first kappa shape index (κ1) is 5.06. The van der Waals surface area contributed by atoms with E-state index in [4.69, 9.17) is 4.12 Å². The van der Waals surface area contributed by atoms with E-state index in [0.717, 1.165) is 15.0 Å². The van der Waals surface area contributed by atoms with Crippen LogP contribution in [0.2, 0.25) is 9.89 Å². The minimum atomic E-state index is 0.0980. The summed E-state index contributed by atoms with van der Waals surface area (Å²) in [5.74, 6) is 0. The summed E-state index contributed by atoms with van der Waals surface area (Å²) < 4.78 is 5.36. The third-order valence-electron chi connectivity index (χ3n) is 0.744. The van der Waals surface area contributed by atoms with Crippen LogP contribution in [0.3, 0.4) is 0 Å². The molecule has 1 fully saturated rings. The van der Waals surface area contributed by atoms with E-state index in [0.29, 0.717) is 0 Å². The van der Waals surface area contributed by atoms with E-state index in [1.807, 2.05) is 0 Å². The van der Waals surface area contributed by atoms with Crippen LogP contribution in [0.4, 0.5) is 0 Å². The average molecular weight is 183 g/mol. The van der Waals surface area contributed by atoms with Crippen molar-refractivity contribution in [2.45, 2.75) is 9.89 Å². The summed E-state index contributed by atoms with van der Waals surface area (Å²) in [6, 6.07) is 0. The van der Waals surface area contributed by atoms with Crippen LogP contribution in [0, 0.1) is 0 Å². The molecule has 1 aliphatic heterocycles. The van der Waals surface area contributed by atoms with E-state index in [2.05, 4.69) is 0 Å². The zero-order valence-corrected chi connectivity index (χ0v) is 8.19. The molecular weight excluding hydrogens is 175 g/mol. The molecule has 6 heavy (non-hydrogen) atoms. The van der Waals surface area contributed by atoms with Crippen molar-refractivity contribution in [3.8, 4) is 0 Å². The van der Waals surface area contributed by atoms with Crippen LogP contribution in [-0.4, -0.2) is 34.5 Å². The summed E-state index contributed by atoms with van der Waals surface area (Å²) in [6.07, 6.45) is 0. The molecule has 0 saturated carbocycles. The maximum absolute atomic E-state index is 5.36. The predicted octanol–water partition coefficient (Wildman–Crippen LogP) is -1.36. The molecule has 1 aliphatic rings. The van der Waals surface area contributed by atoms with Crippen molar-refractivity contribution >= 4 is 34.5 Å². The van der Waals surface area contributed by atoms with Crippen molar-refractivity contribution in [3.63, 3.8) is 0 Å². The Morgan fingerprint density at radius 3 is 2.17 bits per heavy atom. The van der Waals surface area contributed by atoms with Gasteiger partial charge in [0.1, 0.15) is 0 Å². The molecule has 36 valence electrons. The van der Waals surface area contributed by atoms with Gasteiger partial charge < -0.3 is 0 Å². The Bertz CT molecular complexity index is 27.0. The number of hydrogen-bond donors (Lipinski definition) is 0. The van der Waals surface area contributed by atoms with E-state index in [1.54, 1.807) is 0 Å². The fourth-order valence-corrected chi connectivity index (χ4v) is 13.0. The summed E-state index contributed by atoms with van der Waals surface area (Å²) in [7, 11) is 0.196. The van der Waals surface area contributed by atoms with Gasteiger partial charge in [-0.05, 0) is 0 Å². The van der Waals surface area contributed by atoms with Crippen LogP contribution in [0.1, 0.15) is 0 Å². The molecule has 0 aliphatic carbocycles. The normalized spacial score (nSPS) is 32.0. The van der Waals surface area contributed by atoms with Gasteiger partial charge in [-0.1, -0.05) is 0 Å². The molecule has 1 rings (SSSR count). The van der Waals surface area contributed by atoms with E-state index in [-0.39, 0.29) is 19.5 Å². The third-order valence-corrected chi connectivity index (χ3v) is 9.70. The number of rotatable bonds is 0. The molecule has 0 aromatic rings. The van der Waals surface area contributed by atoms with Crippen molar-refractivity contribution in [2.75, 3.05) is 0 Å². The summed E-state index contributed by atoms with van der Waals surface area (Å²) >= 11 is 1.05. The molecule has 0 atom stereocenters. The Morgan fingerprint density at radius 2 is 2.00 bits per heavy atom. The molecule has 0 radical (unpaired) electrons. The second-order valence-electron chi connectivity index (χ2n) is 1.22. The summed E-state index contributed by atoms with van der Waals surface area (Å²) in [5.41, 5.74) is 0. The molecule has 1 heterocycles. The first-order valence-corrected chi connectivity index (χ1v) is 7.73. The molecule has 0 bridgehead atoms. The monoisotopic (exact) mass is 184 g/mol. The van der Waals surface area contributed by atoms with E-state index in [9.17, 15) is 0 Å². The quantitative estimate of drug-likeness (QED) is 0.421.